The van der Waals surface area contributed by atoms with E-state index >= 15 is 0 Å². The quantitative estimate of drug-likeness (QED) is 0.654. The van der Waals surface area contributed by atoms with Gasteiger partial charge in [-0.2, -0.15) is 0 Å². The van der Waals surface area contributed by atoms with Crippen molar-refractivity contribution in [2.45, 2.75) is 33.2 Å². The average Bonchev–Trinajstić information content (AvgIpc) is 3.33. The number of hydrogen-bond donors (Lipinski definition) is 0. The van der Waals surface area contributed by atoms with E-state index in [1.54, 1.807) is 4.57 Å². The van der Waals surface area contributed by atoms with Crippen LogP contribution in [0.3, 0.4) is 0 Å². The van der Waals surface area contributed by atoms with Crippen LogP contribution in [0.25, 0.3) is 10.2 Å². The van der Waals surface area contributed by atoms with E-state index in [2.05, 4.69) is 41.1 Å². The summed E-state index contributed by atoms with van der Waals surface area (Å²) in [6.07, 6.45) is 1.81. The Labute approximate surface area is 173 Å². The number of hydrogen-bond acceptors (Lipinski definition) is 5. The fourth-order valence-electron chi connectivity index (χ4n) is 4.42. The highest BCUT2D eigenvalue weighted by atomic mass is 32.1. The molecule has 0 N–H and O–H groups in total. The van der Waals surface area contributed by atoms with Crippen molar-refractivity contribution in [2.24, 2.45) is 0 Å². The Morgan fingerprint density at radius 2 is 1.90 bits per heavy atom. The van der Waals surface area contributed by atoms with Gasteiger partial charge in [0.2, 0.25) is 0 Å². The summed E-state index contributed by atoms with van der Waals surface area (Å²) >= 11 is 1.38. The van der Waals surface area contributed by atoms with Gasteiger partial charge in [0.1, 0.15) is 10.7 Å². The van der Waals surface area contributed by atoms with Crippen LogP contribution in [-0.4, -0.2) is 46.5 Å². The van der Waals surface area contributed by atoms with E-state index in [-0.39, 0.29) is 11.5 Å². The summed E-state index contributed by atoms with van der Waals surface area (Å²) in [4.78, 5) is 36.4. The van der Waals surface area contributed by atoms with Gasteiger partial charge in [-0.25, -0.2) is 4.98 Å². The molecule has 3 aromatic rings. The fraction of sp³-hybridized carbons (Fsp3) is 0.409. The molecule has 0 atom stereocenters. The van der Waals surface area contributed by atoms with E-state index in [1.165, 1.54) is 22.6 Å². The molecular formula is C22H24N4O2S. The number of rotatable bonds is 2. The monoisotopic (exact) mass is 408 g/mol. The van der Waals surface area contributed by atoms with Gasteiger partial charge in [-0.3, -0.25) is 14.2 Å². The third-order valence-corrected chi connectivity index (χ3v) is 7.21. The number of carbonyl (C=O) groups excluding carboxylic acids is 1. The summed E-state index contributed by atoms with van der Waals surface area (Å²) in [7, 11) is 0. The van der Waals surface area contributed by atoms with E-state index < -0.39 is 0 Å². The second-order valence-corrected chi connectivity index (χ2v) is 8.94. The van der Waals surface area contributed by atoms with Crippen molar-refractivity contribution in [3.05, 3.63) is 56.4 Å². The molecule has 0 saturated carbocycles. The lowest BCUT2D eigenvalue weighted by molar-refractivity contribution is 0.0751. The molecule has 5 rings (SSSR count). The topological polar surface area (TPSA) is 58.4 Å². The molecule has 4 heterocycles. The SMILES string of the molecule is Cc1cccc(N2CCN(C(=O)c3sc4nc5n(c(=O)c4c3C)CCC5)CC2)c1. The predicted octanol–water partition coefficient (Wildman–Crippen LogP) is 2.98. The number of aromatic nitrogens is 2. The maximum atomic E-state index is 13.2. The molecule has 1 fully saturated rings. The maximum Gasteiger partial charge on any atom is 0.264 e. The Morgan fingerprint density at radius 3 is 2.66 bits per heavy atom. The highest BCUT2D eigenvalue weighted by Gasteiger charge is 2.28. The average molecular weight is 409 g/mol. The Kier molecular flexibility index (Phi) is 4.42. The standard InChI is InChI=1S/C22H24N4O2S/c1-14-5-3-6-16(13-14)24-9-11-25(12-10-24)22(28)19-15(2)18-20(29-19)23-17-7-4-8-26(17)21(18)27/h3,5-6,13H,4,7-12H2,1-2H3. The molecule has 6 nitrogen and oxygen atoms in total. The molecule has 0 unspecified atom stereocenters. The Bertz CT molecular complexity index is 1170. The molecule has 0 spiro atoms. The number of carbonyl (C=O) groups is 1. The normalized spacial score (nSPS) is 16.5. The molecule has 150 valence electrons. The maximum absolute atomic E-state index is 13.2. The zero-order valence-corrected chi connectivity index (χ0v) is 17.6. The van der Waals surface area contributed by atoms with Gasteiger partial charge in [-0.15, -0.1) is 11.3 Å². The largest absolute Gasteiger partial charge is 0.368 e. The van der Waals surface area contributed by atoms with E-state index in [0.717, 1.165) is 43.9 Å². The molecule has 7 heteroatoms. The van der Waals surface area contributed by atoms with Gasteiger partial charge in [-0.1, -0.05) is 12.1 Å². The molecule has 1 aromatic carbocycles. The number of benzene rings is 1. The number of aryl methyl sites for hydroxylation is 3. The molecule has 2 aliphatic rings. The van der Waals surface area contributed by atoms with Crippen molar-refractivity contribution in [1.29, 1.82) is 0 Å². The molecule has 2 aliphatic heterocycles. The number of fused-ring (bicyclic) bond motifs is 2. The molecule has 0 bridgehead atoms. The Morgan fingerprint density at radius 1 is 1.10 bits per heavy atom. The van der Waals surface area contributed by atoms with Crippen LogP contribution >= 0.6 is 11.3 Å². The van der Waals surface area contributed by atoms with Crippen molar-refractivity contribution >= 4 is 33.1 Å². The van der Waals surface area contributed by atoms with Gasteiger partial charge in [0.15, 0.2) is 0 Å². The molecular weight excluding hydrogens is 384 g/mol. The fourth-order valence-corrected chi connectivity index (χ4v) is 5.57. The minimum absolute atomic E-state index is 0.0135. The summed E-state index contributed by atoms with van der Waals surface area (Å²) < 4.78 is 1.77. The van der Waals surface area contributed by atoms with Gasteiger partial charge in [-0.05, 0) is 43.5 Å². The summed E-state index contributed by atoms with van der Waals surface area (Å²) in [6.45, 7) is 7.71. The van der Waals surface area contributed by atoms with Gasteiger partial charge in [0, 0.05) is 44.8 Å². The molecule has 0 radical (unpaired) electrons. The lowest BCUT2D eigenvalue weighted by Gasteiger charge is -2.36. The number of thiophene rings is 1. The number of nitrogens with zero attached hydrogens (tertiary/aromatic N) is 4. The molecule has 0 aliphatic carbocycles. The molecule has 29 heavy (non-hydrogen) atoms. The first-order chi connectivity index (χ1) is 14.0. The van der Waals surface area contributed by atoms with Crippen LogP contribution in [0.4, 0.5) is 5.69 Å². The van der Waals surface area contributed by atoms with Crippen molar-refractivity contribution in [1.82, 2.24) is 14.5 Å². The predicted molar refractivity (Wildman–Crippen MR) is 116 cm³/mol. The van der Waals surface area contributed by atoms with E-state index in [1.807, 2.05) is 11.8 Å². The number of piperazine rings is 1. The van der Waals surface area contributed by atoms with E-state index in [9.17, 15) is 9.59 Å². The van der Waals surface area contributed by atoms with Crippen LogP contribution in [0, 0.1) is 13.8 Å². The summed E-state index contributed by atoms with van der Waals surface area (Å²) in [5.41, 5.74) is 3.25. The second kappa shape index (κ2) is 6.99. The van der Waals surface area contributed by atoms with Crippen molar-refractivity contribution in [3.63, 3.8) is 0 Å². The Balaban J connectivity index is 1.39. The lowest BCUT2D eigenvalue weighted by Crippen LogP contribution is -2.48. The first kappa shape index (κ1) is 18.4. The third-order valence-electron chi connectivity index (χ3n) is 6.04. The first-order valence-electron chi connectivity index (χ1n) is 10.2. The minimum Gasteiger partial charge on any atom is -0.368 e. The molecule has 1 saturated heterocycles. The van der Waals surface area contributed by atoms with Crippen LogP contribution < -0.4 is 10.5 Å². The van der Waals surface area contributed by atoms with Crippen LogP contribution in [0.5, 0.6) is 0 Å². The zero-order valence-electron chi connectivity index (χ0n) is 16.8. The summed E-state index contributed by atoms with van der Waals surface area (Å²) in [6, 6.07) is 8.48. The number of amides is 1. The van der Waals surface area contributed by atoms with Gasteiger partial charge in [0.05, 0.1) is 10.3 Å². The van der Waals surface area contributed by atoms with Crippen LogP contribution in [0.1, 0.15) is 33.0 Å². The van der Waals surface area contributed by atoms with Crippen LogP contribution in [0.2, 0.25) is 0 Å². The van der Waals surface area contributed by atoms with Crippen molar-refractivity contribution < 1.29 is 4.79 Å². The van der Waals surface area contributed by atoms with Gasteiger partial charge in [0.25, 0.3) is 11.5 Å². The van der Waals surface area contributed by atoms with Crippen molar-refractivity contribution in [3.8, 4) is 0 Å². The molecule has 2 aromatic heterocycles. The Hall–Kier alpha value is -2.67. The first-order valence-corrected chi connectivity index (χ1v) is 11.0. The third kappa shape index (κ3) is 3.04. The minimum atomic E-state index is 0.0135. The van der Waals surface area contributed by atoms with Gasteiger partial charge < -0.3 is 9.80 Å². The highest BCUT2D eigenvalue weighted by molar-refractivity contribution is 7.20. The van der Waals surface area contributed by atoms with E-state index in [0.29, 0.717) is 28.2 Å². The summed E-state index contributed by atoms with van der Waals surface area (Å²) in [5.74, 6) is 0.883. The second-order valence-electron chi connectivity index (χ2n) is 7.94. The van der Waals surface area contributed by atoms with Gasteiger partial charge >= 0.3 is 0 Å². The highest BCUT2D eigenvalue weighted by Crippen LogP contribution is 2.30. The van der Waals surface area contributed by atoms with Crippen LogP contribution in [0.15, 0.2) is 29.1 Å². The molecule has 1 amide bonds. The van der Waals surface area contributed by atoms with Crippen LogP contribution in [-0.2, 0) is 13.0 Å². The number of anilines is 1. The van der Waals surface area contributed by atoms with Crippen molar-refractivity contribution in [2.75, 3.05) is 31.1 Å². The lowest BCUT2D eigenvalue weighted by atomic mass is 10.1. The smallest absolute Gasteiger partial charge is 0.264 e. The van der Waals surface area contributed by atoms with E-state index in [4.69, 9.17) is 0 Å². The zero-order chi connectivity index (χ0) is 20.1. The summed E-state index contributed by atoms with van der Waals surface area (Å²) in [5, 5.41) is 0.627.